The van der Waals surface area contributed by atoms with Crippen LogP contribution in [0.5, 0.6) is 5.75 Å². The Hall–Kier alpha value is -2.44. The Morgan fingerprint density at radius 3 is 2.48 bits per heavy atom. The Labute approximate surface area is 134 Å². The van der Waals surface area contributed by atoms with E-state index in [0.717, 1.165) is 13.0 Å². The van der Waals surface area contributed by atoms with E-state index in [0.29, 0.717) is 12.3 Å². The molecule has 0 aliphatic carbocycles. The Balaban J connectivity index is 1.63. The van der Waals surface area contributed by atoms with Gasteiger partial charge >= 0.3 is 0 Å². The van der Waals surface area contributed by atoms with Crippen molar-refractivity contribution in [1.29, 1.82) is 0 Å². The predicted octanol–water partition coefficient (Wildman–Crippen LogP) is 2.17. The van der Waals surface area contributed by atoms with Gasteiger partial charge in [0.15, 0.2) is 0 Å². The lowest BCUT2D eigenvalue weighted by atomic mass is 10.1. The maximum atomic E-state index is 10.5. The van der Waals surface area contributed by atoms with Crippen molar-refractivity contribution in [3.8, 4) is 5.75 Å². The van der Waals surface area contributed by atoms with E-state index in [-0.39, 0.29) is 12.3 Å². The van der Waals surface area contributed by atoms with Crippen molar-refractivity contribution in [2.75, 3.05) is 19.7 Å². The smallest absolute Gasteiger partial charge is 0.269 e. The highest BCUT2D eigenvalue weighted by molar-refractivity contribution is 5.35. The molecule has 0 aromatic heterocycles. The number of non-ortho nitro benzene ring substituents is 1. The molecule has 122 valence electrons. The lowest BCUT2D eigenvalue weighted by Crippen LogP contribution is -2.32. The summed E-state index contributed by atoms with van der Waals surface area (Å²) in [6.07, 6.45) is 0.262. The van der Waals surface area contributed by atoms with E-state index < -0.39 is 11.0 Å². The molecule has 0 spiro atoms. The molecular formula is C17H20N2O4. The molecule has 0 aliphatic heterocycles. The largest absolute Gasteiger partial charge is 0.491 e. The number of rotatable bonds is 9. The summed E-state index contributed by atoms with van der Waals surface area (Å²) in [5, 5.41) is 23.6. The van der Waals surface area contributed by atoms with E-state index >= 15 is 0 Å². The topological polar surface area (TPSA) is 84.6 Å². The van der Waals surface area contributed by atoms with Crippen molar-refractivity contribution in [2.45, 2.75) is 12.5 Å². The van der Waals surface area contributed by atoms with Gasteiger partial charge in [0.2, 0.25) is 0 Å². The second kappa shape index (κ2) is 8.87. The van der Waals surface area contributed by atoms with Crippen LogP contribution in [-0.2, 0) is 6.42 Å². The average molecular weight is 316 g/mol. The van der Waals surface area contributed by atoms with Crippen LogP contribution in [0.4, 0.5) is 5.69 Å². The summed E-state index contributed by atoms with van der Waals surface area (Å²) in [7, 11) is 0. The van der Waals surface area contributed by atoms with Gasteiger partial charge in [0, 0.05) is 18.7 Å². The first-order chi connectivity index (χ1) is 11.1. The monoisotopic (exact) mass is 316 g/mol. The molecule has 0 radical (unpaired) electrons. The number of nitrogens with zero attached hydrogens (tertiary/aromatic N) is 1. The van der Waals surface area contributed by atoms with E-state index in [1.165, 1.54) is 29.8 Å². The Morgan fingerprint density at radius 1 is 1.13 bits per heavy atom. The van der Waals surface area contributed by atoms with E-state index in [4.69, 9.17) is 4.74 Å². The second-order valence-corrected chi connectivity index (χ2v) is 5.16. The first-order valence-corrected chi connectivity index (χ1v) is 7.45. The molecule has 6 heteroatoms. The molecule has 0 fully saturated rings. The SMILES string of the molecule is O=[N+]([O-])c1ccc(OC[C@@H](O)CNCCc2ccccc2)cc1. The predicted molar refractivity (Wildman–Crippen MR) is 87.6 cm³/mol. The maximum Gasteiger partial charge on any atom is 0.269 e. The molecule has 2 N–H and O–H groups in total. The van der Waals surface area contributed by atoms with Crippen LogP contribution < -0.4 is 10.1 Å². The van der Waals surface area contributed by atoms with Crippen LogP contribution in [0.2, 0.25) is 0 Å². The van der Waals surface area contributed by atoms with E-state index in [1.54, 1.807) is 0 Å². The molecule has 2 aromatic rings. The highest BCUT2D eigenvalue weighted by Gasteiger charge is 2.07. The summed E-state index contributed by atoms with van der Waals surface area (Å²) >= 11 is 0. The van der Waals surface area contributed by atoms with Crippen LogP contribution >= 0.6 is 0 Å². The molecule has 1 atom stereocenters. The molecule has 0 heterocycles. The molecule has 0 unspecified atom stereocenters. The third kappa shape index (κ3) is 6.06. The number of aliphatic hydroxyl groups is 1. The van der Waals surface area contributed by atoms with Gasteiger partial charge in [0.05, 0.1) is 4.92 Å². The summed E-state index contributed by atoms with van der Waals surface area (Å²) in [6.45, 7) is 1.34. The van der Waals surface area contributed by atoms with Crippen molar-refractivity contribution in [1.82, 2.24) is 5.32 Å². The van der Waals surface area contributed by atoms with Crippen molar-refractivity contribution < 1.29 is 14.8 Å². The Bertz CT molecular complexity index is 602. The summed E-state index contributed by atoms with van der Waals surface area (Å²) in [5.74, 6) is 0.499. The van der Waals surface area contributed by atoms with Crippen molar-refractivity contribution in [2.24, 2.45) is 0 Å². The van der Waals surface area contributed by atoms with E-state index in [2.05, 4.69) is 17.4 Å². The fourth-order valence-corrected chi connectivity index (χ4v) is 2.06. The maximum absolute atomic E-state index is 10.5. The lowest BCUT2D eigenvalue weighted by Gasteiger charge is -2.13. The molecule has 2 rings (SSSR count). The van der Waals surface area contributed by atoms with Crippen LogP contribution in [0, 0.1) is 10.1 Å². The second-order valence-electron chi connectivity index (χ2n) is 5.16. The highest BCUT2D eigenvalue weighted by atomic mass is 16.6. The summed E-state index contributed by atoms with van der Waals surface area (Å²) in [5.41, 5.74) is 1.26. The van der Waals surface area contributed by atoms with Crippen LogP contribution in [0.3, 0.4) is 0 Å². The average Bonchev–Trinajstić information content (AvgIpc) is 2.58. The van der Waals surface area contributed by atoms with Crippen molar-refractivity contribution in [3.05, 3.63) is 70.3 Å². The number of nitrogens with one attached hydrogen (secondary N) is 1. The number of aliphatic hydroxyl groups excluding tert-OH is 1. The summed E-state index contributed by atoms with van der Waals surface area (Å²) in [6, 6.07) is 15.9. The van der Waals surface area contributed by atoms with Gasteiger partial charge < -0.3 is 15.2 Å². The van der Waals surface area contributed by atoms with Crippen molar-refractivity contribution >= 4 is 5.69 Å². The molecule has 6 nitrogen and oxygen atoms in total. The zero-order chi connectivity index (χ0) is 16.5. The van der Waals surface area contributed by atoms with Gasteiger partial charge in [0.1, 0.15) is 18.5 Å². The molecule has 23 heavy (non-hydrogen) atoms. The quantitative estimate of drug-likeness (QED) is 0.421. The number of nitro groups is 1. The third-order valence-electron chi connectivity index (χ3n) is 3.30. The lowest BCUT2D eigenvalue weighted by molar-refractivity contribution is -0.384. The fraction of sp³-hybridized carbons (Fsp3) is 0.294. The van der Waals surface area contributed by atoms with Gasteiger partial charge in [-0.15, -0.1) is 0 Å². The van der Waals surface area contributed by atoms with Crippen LogP contribution in [-0.4, -0.2) is 35.8 Å². The molecule has 0 amide bonds. The summed E-state index contributed by atoms with van der Waals surface area (Å²) in [4.78, 5) is 10.1. The number of benzene rings is 2. The Morgan fingerprint density at radius 2 is 1.83 bits per heavy atom. The zero-order valence-electron chi connectivity index (χ0n) is 12.7. The number of ether oxygens (including phenoxy) is 1. The zero-order valence-corrected chi connectivity index (χ0v) is 12.7. The minimum atomic E-state index is -0.638. The molecular weight excluding hydrogens is 296 g/mol. The van der Waals surface area contributed by atoms with Gasteiger partial charge in [-0.1, -0.05) is 30.3 Å². The van der Waals surface area contributed by atoms with Crippen LogP contribution in [0.1, 0.15) is 5.56 Å². The summed E-state index contributed by atoms with van der Waals surface area (Å²) < 4.78 is 5.41. The fourth-order valence-electron chi connectivity index (χ4n) is 2.06. The molecule has 2 aromatic carbocycles. The number of hydrogen-bond acceptors (Lipinski definition) is 5. The number of hydrogen-bond donors (Lipinski definition) is 2. The highest BCUT2D eigenvalue weighted by Crippen LogP contribution is 2.17. The minimum Gasteiger partial charge on any atom is -0.491 e. The van der Waals surface area contributed by atoms with E-state index in [9.17, 15) is 15.2 Å². The van der Waals surface area contributed by atoms with Crippen LogP contribution in [0.25, 0.3) is 0 Å². The minimum absolute atomic E-state index is 0.0143. The van der Waals surface area contributed by atoms with E-state index in [1.807, 2.05) is 18.2 Å². The molecule has 0 bridgehead atoms. The first kappa shape index (κ1) is 16.9. The normalized spacial score (nSPS) is 11.9. The molecule has 0 saturated carbocycles. The van der Waals surface area contributed by atoms with Gasteiger partial charge in [0.25, 0.3) is 5.69 Å². The third-order valence-corrected chi connectivity index (χ3v) is 3.30. The van der Waals surface area contributed by atoms with Gasteiger partial charge in [-0.05, 0) is 30.7 Å². The molecule has 0 aliphatic rings. The Kier molecular flexibility index (Phi) is 6.53. The molecule has 0 saturated heterocycles. The standard InChI is InChI=1S/C17H20N2O4/c20-16(12-18-11-10-14-4-2-1-3-5-14)13-23-17-8-6-15(7-9-17)19(21)22/h1-9,16,18,20H,10-13H2/t16-/m0/s1. The van der Waals surface area contributed by atoms with Crippen molar-refractivity contribution in [3.63, 3.8) is 0 Å². The van der Waals surface area contributed by atoms with Crippen LogP contribution in [0.15, 0.2) is 54.6 Å². The van der Waals surface area contributed by atoms with Gasteiger partial charge in [-0.25, -0.2) is 0 Å². The number of nitro benzene ring substituents is 1. The van der Waals surface area contributed by atoms with Gasteiger partial charge in [-0.3, -0.25) is 10.1 Å². The first-order valence-electron chi connectivity index (χ1n) is 7.45. The van der Waals surface area contributed by atoms with Gasteiger partial charge in [-0.2, -0.15) is 0 Å².